The number of hydrogen-bond acceptors (Lipinski definition) is 3. The molecule has 3 aliphatic carbocycles. The van der Waals surface area contributed by atoms with Crippen molar-refractivity contribution in [2.45, 2.75) is 44.9 Å². The van der Waals surface area contributed by atoms with E-state index in [1.165, 1.54) is 17.5 Å². The Kier molecular flexibility index (Phi) is 4.01. The molecule has 28 heavy (non-hydrogen) atoms. The van der Waals surface area contributed by atoms with E-state index < -0.39 is 0 Å². The molecule has 0 saturated heterocycles. The minimum Gasteiger partial charge on any atom is -0.497 e. The van der Waals surface area contributed by atoms with Crippen molar-refractivity contribution in [3.63, 3.8) is 0 Å². The zero-order valence-corrected chi connectivity index (χ0v) is 16.9. The number of hydrogen-bond donors (Lipinski definition) is 0. The van der Waals surface area contributed by atoms with E-state index in [-0.39, 0.29) is 5.41 Å². The number of allylic oxidation sites excluding steroid dienone is 1. The number of aromatic nitrogens is 2. The van der Waals surface area contributed by atoms with Gasteiger partial charge < -0.3 is 4.74 Å². The highest BCUT2D eigenvalue weighted by atomic mass is 16.5. The molecular weight excluding hydrogens is 348 g/mol. The Bertz CT molecular complexity index is 973. The normalized spacial score (nSPS) is 32.8. The number of ketones is 1. The molecule has 2 saturated carbocycles. The number of rotatable bonds is 2. The number of benzene rings is 1. The van der Waals surface area contributed by atoms with Gasteiger partial charge in [0.05, 0.1) is 13.3 Å². The fourth-order valence-electron chi connectivity index (χ4n) is 6.20. The number of Topliss-reactive ketones (excluding diaryl/α,β-unsaturated/α-hetero) is 1. The van der Waals surface area contributed by atoms with E-state index in [0.717, 1.165) is 42.6 Å². The minimum atomic E-state index is -0.195. The van der Waals surface area contributed by atoms with Crippen LogP contribution in [0.3, 0.4) is 0 Å². The minimum absolute atomic E-state index is 0.195. The van der Waals surface area contributed by atoms with Crippen LogP contribution in [0.1, 0.15) is 55.2 Å². The summed E-state index contributed by atoms with van der Waals surface area (Å²) in [6.07, 6.45) is 11.2. The van der Waals surface area contributed by atoms with Gasteiger partial charge in [-0.1, -0.05) is 13.0 Å². The first-order valence-electron chi connectivity index (χ1n) is 10.4. The van der Waals surface area contributed by atoms with Crippen LogP contribution in [0.2, 0.25) is 0 Å². The number of aryl methyl sites for hydroxylation is 2. The summed E-state index contributed by atoms with van der Waals surface area (Å²) < 4.78 is 7.22. The number of ether oxygens (including phenoxy) is 1. The van der Waals surface area contributed by atoms with E-state index in [4.69, 9.17) is 4.74 Å². The summed E-state index contributed by atoms with van der Waals surface area (Å²) in [5, 5.41) is 4.25. The van der Waals surface area contributed by atoms with Crippen molar-refractivity contribution < 1.29 is 9.53 Å². The van der Waals surface area contributed by atoms with Crippen molar-refractivity contribution in [2.24, 2.45) is 24.3 Å². The van der Waals surface area contributed by atoms with E-state index in [2.05, 4.69) is 36.3 Å². The second-order valence-corrected chi connectivity index (χ2v) is 9.09. The first-order valence-corrected chi connectivity index (χ1v) is 10.4. The number of nitrogens with zero attached hydrogens (tertiary/aromatic N) is 2. The number of carbonyl (C=O) groups excluding carboxylic acids is 1. The third-order valence-electron chi connectivity index (χ3n) is 7.64. The predicted molar refractivity (Wildman–Crippen MR) is 109 cm³/mol. The lowest BCUT2D eigenvalue weighted by Crippen LogP contribution is -2.42. The van der Waals surface area contributed by atoms with E-state index in [1.807, 2.05) is 19.4 Å². The Morgan fingerprint density at radius 3 is 2.93 bits per heavy atom. The fraction of sp³-hybridized carbons (Fsp3) is 0.500. The molecule has 0 amide bonds. The summed E-state index contributed by atoms with van der Waals surface area (Å²) in [6, 6.07) is 6.59. The van der Waals surface area contributed by atoms with Gasteiger partial charge in [0.25, 0.3) is 0 Å². The Morgan fingerprint density at radius 2 is 2.18 bits per heavy atom. The lowest BCUT2D eigenvalue weighted by atomic mass is 9.55. The molecule has 0 bridgehead atoms. The summed E-state index contributed by atoms with van der Waals surface area (Å²) in [5.74, 6) is 2.97. The van der Waals surface area contributed by atoms with Crippen LogP contribution in [0.25, 0.3) is 6.08 Å². The molecule has 3 aliphatic rings. The SMILES string of the molecule is COc1ccc2c(c1)CCC1C2CCC2(C)C(=O)/C(=C/c3cnn(C)c3)CC12. The molecule has 4 atom stereocenters. The molecule has 1 aromatic carbocycles. The molecule has 4 heteroatoms. The molecule has 0 N–H and O–H groups in total. The number of carbonyl (C=O) groups is 1. The number of fused-ring (bicyclic) bond motifs is 5. The summed E-state index contributed by atoms with van der Waals surface area (Å²) >= 11 is 0. The molecule has 1 heterocycles. The van der Waals surface area contributed by atoms with Gasteiger partial charge >= 0.3 is 0 Å². The van der Waals surface area contributed by atoms with Gasteiger partial charge in [0.1, 0.15) is 5.75 Å². The molecule has 2 aromatic rings. The summed E-state index contributed by atoms with van der Waals surface area (Å²) in [4.78, 5) is 13.4. The Hall–Kier alpha value is -2.36. The molecular formula is C24H28N2O2. The monoisotopic (exact) mass is 376 g/mol. The van der Waals surface area contributed by atoms with E-state index in [9.17, 15) is 4.79 Å². The van der Waals surface area contributed by atoms with Crippen molar-refractivity contribution >= 4 is 11.9 Å². The van der Waals surface area contributed by atoms with Crippen LogP contribution in [-0.2, 0) is 18.3 Å². The van der Waals surface area contributed by atoms with Crippen LogP contribution in [-0.4, -0.2) is 22.7 Å². The van der Waals surface area contributed by atoms with Crippen molar-refractivity contribution in [1.29, 1.82) is 0 Å². The molecule has 4 unspecified atom stereocenters. The molecule has 0 radical (unpaired) electrons. The zero-order chi connectivity index (χ0) is 19.5. The van der Waals surface area contributed by atoms with Crippen molar-refractivity contribution in [3.8, 4) is 5.75 Å². The highest BCUT2D eigenvalue weighted by molar-refractivity contribution is 6.05. The lowest BCUT2D eigenvalue weighted by Gasteiger charge is -2.48. The predicted octanol–water partition coefficient (Wildman–Crippen LogP) is 4.55. The van der Waals surface area contributed by atoms with Crippen LogP contribution in [0.5, 0.6) is 5.75 Å². The number of methoxy groups -OCH3 is 1. The second-order valence-electron chi connectivity index (χ2n) is 9.09. The maximum atomic E-state index is 13.4. The molecule has 5 rings (SSSR count). The first-order chi connectivity index (χ1) is 13.5. The van der Waals surface area contributed by atoms with Crippen molar-refractivity contribution in [3.05, 3.63) is 52.9 Å². The topological polar surface area (TPSA) is 44.1 Å². The van der Waals surface area contributed by atoms with Crippen LogP contribution in [0, 0.1) is 17.3 Å². The van der Waals surface area contributed by atoms with Gasteiger partial charge in [-0.2, -0.15) is 5.10 Å². The molecule has 2 fully saturated rings. The summed E-state index contributed by atoms with van der Waals surface area (Å²) in [6.45, 7) is 2.23. The second kappa shape index (κ2) is 6.33. The van der Waals surface area contributed by atoms with Gasteiger partial charge in [-0.25, -0.2) is 0 Å². The Balaban J connectivity index is 1.48. The summed E-state index contributed by atoms with van der Waals surface area (Å²) in [5.41, 5.74) is 4.78. The molecule has 146 valence electrons. The van der Waals surface area contributed by atoms with Gasteiger partial charge in [0.15, 0.2) is 5.78 Å². The van der Waals surface area contributed by atoms with Crippen molar-refractivity contribution in [1.82, 2.24) is 9.78 Å². The van der Waals surface area contributed by atoms with Gasteiger partial charge in [-0.3, -0.25) is 9.48 Å². The van der Waals surface area contributed by atoms with Crippen molar-refractivity contribution in [2.75, 3.05) is 7.11 Å². The molecule has 1 aromatic heterocycles. The van der Waals surface area contributed by atoms with E-state index in [1.54, 1.807) is 11.8 Å². The molecule has 0 aliphatic heterocycles. The van der Waals surface area contributed by atoms with Crippen LogP contribution >= 0.6 is 0 Å². The van der Waals surface area contributed by atoms with Gasteiger partial charge in [0.2, 0.25) is 0 Å². The third kappa shape index (κ3) is 2.57. The fourth-order valence-corrected chi connectivity index (χ4v) is 6.20. The first kappa shape index (κ1) is 17.7. The maximum Gasteiger partial charge on any atom is 0.165 e. The van der Waals surface area contributed by atoms with Crippen LogP contribution in [0.15, 0.2) is 36.2 Å². The molecule has 4 nitrogen and oxygen atoms in total. The van der Waals surface area contributed by atoms with Crippen LogP contribution < -0.4 is 4.74 Å². The quantitative estimate of drug-likeness (QED) is 0.723. The molecule has 0 spiro atoms. The maximum absolute atomic E-state index is 13.4. The zero-order valence-electron chi connectivity index (χ0n) is 16.9. The Morgan fingerprint density at radius 1 is 1.32 bits per heavy atom. The van der Waals surface area contributed by atoms with E-state index in [0.29, 0.717) is 23.5 Å². The van der Waals surface area contributed by atoms with Gasteiger partial charge in [0, 0.05) is 24.2 Å². The van der Waals surface area contributed by atoms with Gasteiger partial charge in [-0.15, -0.1) is 0 Å². The largest absolute Gasteiger partial charge is 0.497 e. The average molecular weight is 377 g/mol. The standard InChI is InChI=1S/C24H28N2O2/c1-24-9-8-20-19-7-5-18(28-3)11-16(19)4-6-21(20)22(24)12-17(23(24)27)10-15-13-25-26(2)14-15/h5,7,10-11,13-14,20-22H,4,6,8-9,12H2,1-3H3/b17-10+. The van der Waals surface area contributed by atoms with Crippen LogP contribution in [0.4, 0.5) is 0 Å². The highest BCUT2D eigenvalue weighted by Crippen LogP contribution is 2.60. The Labute approximate surface area is 166 Å². The smallest absolute Gasteiger partial charge is 0.165 e. The lowest BCUT2D eigenvalue weighted by molar-refractivity contribution is -0.127. The average Bonchev–Trinajstić information content (AvgIpc) is 3.22. The summed E-state index contributed by atoms with van der Waals surface area (Å²) in [7, 11) is 3.65. The highest BCUT2D eigenvalue weighted by Gasteiger charge is 2.56. The van der Waals surface area contributed by atoms with E-state index >= 15 is 0 Å². The third-order valence-corrected chi connectivity index (χ3v) is 7.64. The van der Waals surface area contributed by atoms with Gasteiger partial charge in [-0.05, 0) is 84.8 Å².